The fraction of sp³-hybridized carbons (Fsp3) is 0. The van der Waals surface area contributed by atoms with Gasteiger partial charge in [-0.1, -0.05) is 0 Å². The number of nitrogens with zero attached hydrogens (tertiary/aromatic N) is 1. The van der Waals surface area contributed by atoms with Crippen LogP contribution in [0, 0.1) is 0 Å². The van der Waals surface area contributed by atoms with E-state index in [0.717, 1.165) is 0 Å². The van der Waals surface area contributed by atoms with Crippen LogP contribution in [0.5, 0.6) is 0 Å². The molecule has 0 aliphatic carbocycles. The minimum atomic E-state index is -0.335. The number of nitrogens with one attached hydrogen (secondary N) is 2. The summed E-state index contributed by atoms with van der Waals surface area (Å²) in [5.41, 5.74) is -0.648. The smallest absolute Gasteiger partial charge is 0.267 e. The molecule has 12 heavy (non-hydrogen) atoms. The molecule has 0 spiro atoms. The molecule has 5 nitrogen and oxygen atoms in total. The molecule has 2 N–H and O–H groups in total. The van der Waals surface area contributed by atoms with Crippen molar-refractivity contribution in [3.8, 4) is 0 Å². The first-order valence-electron chi connectivity index (χ1n) is 3.34. The van der Waals surface area contributed by atoms with Crippen molar-refractivity contribution in [2.24, 2.45) is 0 Å². The fourth-order valence-electron chi connectivity index (χ4n) is 1.02. The van der Waals surface area contributed by atoms with Gasteiger partial charge < -0.3 is 0 Å². The Bertz CT molecular complexity index is 477. The molecule has 0 aliphatic heterocycles. The highest BCUT2D eigenvalue weighted by Crippen LogP contribution is 1.97. The monoisotopic (exact) mass is 163 g/mol. The Kier molecular flexibility index (Phi) is 1.30. The van der Waals surface area contributed by atoms with Gasteiger partial charge in [0.05, 0.1) is 10.8 Å². The van der Waals surface area contributed by atoms with Gasteiger partial charge in [0.15, 0.2) is 0 Å². The van der Waals surface area contributed by atoms with Gasteiger partial charge in [-0.15, -0.1) is 0 Å². The van der Waals surface area contributed by atoms with E-state index in [1.165, 1.54) is 18.5 Å². The van der Waals surface area contributed by atoms with Crippen LogP contribution in [0.2, 0.25) is 0 Å². The second kappa shape index (κ2) is 2.30. The van der Waals surface area contributed by atoms with E-state index in [2.05, 4.69) is 15.2 Å². The van der Waals surface area contributed by atoms with Gasteiger partial charge in [0, 0.05) is 12.4 Å². The standard InChI is InChI=1S/C7H5N3O2/c11-6-4-1-2-8-3-5(4)7(12)10-9-6/h1-3H,(H,9,11)(H,10,12). The highest BCUT2D eigenvalue weighted by molar-refractivity contribution is 5.78. The summed E-state index contributed by atoms with van der Waals surface area (Å²) in [6.45, 7) is 0. The lowest BCUT2D eigenvalue weighted by Crippen LogP contribution is -2.18. The average molecular weight is 163 g/mol. The Labute approximate surface area is 66.1 Å². The van der Waals surface area contributed by atoms with Crippen LogP contribution >= 0.6 is 0 Å². The molecule has 0 saturated heterocycles. The van der Waals surface area contributed by atoms with Crippen molar-refractivity contribution in [2.75, 3.05) is 0 Å². The van der Waals surface area contributed by atoms with Crippen molar-refractivity contribution in [1.29, 1.82) is 0 Å². The van der Waals surface area contributed by atoms with Crippen LogP contribution in [0.1, 0.15) is 0 Å². The Hall–Kier alpha value is -1.91. The zero-order chi connectivity index (χ0) is 8.55. The molecule has 60 valence electrons. The number of hydrogen-bond acceptors (Lipinski definition) is 3. The van der Waals surface area contributed by atoms with Gasteiger partial charge in [0.1, 0.15) is 0 Å². The summed E-state index contributed by atoms with van der Waals surface area (Å²) in [7, 11) is 0. The summed E-state index contributed by atoms with van der Waals surface area (Å²) >= 11 is 0. The average Bonchev–Trinajstić information content (AvgIpc) is 2.12. The van der Waals surface area contributed by atoms with E-state index >= 15 is 0 Å². The molecule has 2 aromatic rings. The van der Waals surface area contributed by atoms with Crippen molar-refractivity contribution < 1.29 is 0 Å². The summed E-state index contributed by atoms with van der Waals surface area (Å²) in [5.74, 6) is 0. The van der Waals surface area contributed by atoms with Crippen LogP contribution < -0.4 is 11.1 Å². The maximum absolute atomic E-state index is 11.1. The van der Waals surface area contributed by atoms with Gasteiger partial charge >= 0.3 is 0 Å². The molecule has 0 amide bonds. The molecule has 0 fully saturated rings. The molecule has 5 heteroatoms. The molecular weight excluding hydrogens is 158 g/mol. The zero-order valence-corrected chi connectivity index (χ0v) is 6.00. The van der Waals surface area contributed by atoms with Gasteiger partial charge in [-0.2, -0.15) is 0 Å². The molecule has 2 rings (SSSR count). The summed E-state index contributed by atoms with van der Waals surface area (Å²) in [6, 6.07) is 1.50. The van der Waals surface area contributed by atoms with Crippen molar-refractivity contribution in [3.05, 3.63) is 39.2 Å². The number of hydrogen-bond donors (Lipinski definition) is 2. The Morgan fingerprint density at radius 1 is 1.08 bits per heavy atom. The molecule has 2 heterocycles. The molecule has 0 aromatic carbocycles. The van der Waals surface area contributed by atoms with Gasteiger partial charge in [-0.3, -0.25) is 24.8 Å². The SMILES string of the molecule is O=c1[nH][nH]c(=O)c2cnccc12. The highest BCUT2D eigenvalue weighted by Gasteiger charge is 1.99. The predicted molar refractivity (Wildman–Crippen MR) is 43.0 cm³/mol. The summed E-state index contributed by atoms with van der Waals surface area (Å²) < 4.78 is 0. The lowest BCUT2D eigenvalue weighted by molar-refractivity contribution is 0.974. The normalized spacial score (nSPS) is 10.3. The summed E-state index contributed by atoms with van der Waals surface area (Å²) in [4.78, 5) is 25.9. The Morgan fingerprint density at radius 3 is 2.42 bits per heavy atom. The summed E-state index contributed by atoms with van der Waals surface area (Å²) in [6.07, 6.45) is 2.83. The van der Waals surface area contributed by atoms with Gasteiger partial charge in [0.2, 0.25) is 0 Å². The third kappa shape index (κ3) is 0.833. The van der Waals surface area contributed by atoms with Crippen LogP contribution in [-0.4, -0.2) is 15.2 Å². The van der Waals surface area contributed by atoms with Crippen LogP contribution in [0.15, 0.2) is 28.0 Å². The van der Waals surface area contributed by atoms with E-state index in [1.807, 2.05) is 0 Å². The van der Waals surface area contributed by atoms with Crippen LogP contribution in [0.3, 0.4) is 0 Å². The fourth-order valence-corrected chi connectivity index (χ4v) is 1.02. The van der Waals surface area contributed by atoms with E-state index < -0.39 is 0 Å². The molecule has 0 saturated carbocycles. The van der Waals surface area contributed by atoms with Gasteiger partial charge in [0.25, 0.3) is 11.1 Å². The number of aromatic amines is 2. The number of rotatable bonds is 0. The number of H-pyrrole nitrogens is 2. The maximum atomic E-state index is 11.1. The van der Waals surface area contributed by atoms with Crippen molar-refractivity contribution >= 4 is 10.8 Å². The Balaban J connectivity index is 3.16. The molecule has 0 unspecified atom stereocenters. The molecule has 0 radical (unpaired) electrons. The number of fused-ring (bicyclic) bond motifs is 1. The lowest BCUT2D eigenvalue weighted by atomic mass is 10.2. The van der Waals surface area contributed by atoms with Gasteiger partial charge in [-0.05, 0) is 6.07 Å². The molecular formula is C7H5N3O2. The topological polar surface area (TPSA) is 78.6 Å². The quantitative estimate of drug-likeness (QED) is 0.555. The molecule has 0 bridgehead atoms. The first kappa shape index (κ1) is 6.78. The minimum Gasteiger partial charge on any atom is -0.267 e. The first-order valence-corrected chi connectivity index (χ1v) is 3.34. The lowest BCUT2D eigenvalue weighted by Gasteiger charge is -1.91. The first-order chi connectivity index (χ1) is 5.79. The third-order valence-corrected chi connectivity index (χ3v) is 1.60. The predicted octanol–water partition coefficient (Wildman–Crippen LogP) is -0.389. The second-order valence-electron chi connectivity index (χ2n) is 2.33. The van der Waals surface area contributed by atoms with Crippen LogP contribution in [0.25, 0.3) is 10.8 Å². The third-order valence-electron chi connectivity index (χ3n) is 1.60. The maximum Gasteiger partial charge on any atom is 0.272 e. The van der Waals surface area contributed by atoms with E-state index in [0.29, 0.717) is 10.8 Å². The van der Waals surface area contributed by atoms with E-state index in [9.17, 15) is 9.59 Å². The number of aromatic nitrogens is 3. The molecule has 0 atom stereocenters. The van der Waals surface area contributed by atoms with Crippen molar-refractivity contribution in [3.63, 3.8) is 0 Å². The van der Waals surface area contributed by atoms with E-state index in [1.54, 1.807) is 0 Å². The largest absolute Gasteiger partial charge is 0.272 e. The van der Waals surface area contributed by atoms with Crippen molar-refractivity contribution in [1.82, 2.24) is 15.2 Å². The van der Waals surface area contributed by atoms with Crippen LogP contribution in [0.4, 0.5) is 0 Å². The second-order valence-corrected chi connectivity index (χ2v) is 2.33. The van der Waals surface area contributed by atoms with E-state index in [-0.39, 0.29) is 11.1 Å². The Morgan fingerprint density at radius 2 is 1.75 bits per heavy atom. The highest BCUT2D eigenvalue weighted by atomic mass is 16.1. The minimum absolute atomic E-state index is 0.307. The zero-order valence-electron chi connectivity index (χ0n) is 6.00. The van der Waals surface area contributed by atoms with Crippen LogP contribution in [-0.2, 0) is 0 Å². The van der Waals surface area contributed by atoms with Crippen molar-refractivity contribution in [2.45, 2.75) is 0 Å². The molecule has 0 aliphatic rings. The number of pyridine rings is 1. The van der Waals surface area contributed by atoms with Gasteiger partial charge in [-0.25, -0.2) is 0 Å². The molecule has 2 aromatic heterocycles. The van der Waals surface area contributed by atoms with E-state index in [4.69, 9.17) is 0 Å². The summed E-state index contributed by atoms with van der Waals surface area (Å²) in [5, 5.41) is 5.09.